The van der Waals surface area contributed by atoms with Gasteiger partial charge in [0.2, 0.25) is 5.91 Å². The van der Waals surface area contributed by atoms with E-state index in [4.69, 9.17) is 4.74 Å². The fraction of sp³-hybridized carbons (Fsp3) is 0.250. The number of nitrogens with one attached hydrogen (secondary N) is 1. The lowest BCUT2D eigenvalue weighted by Gasteiger charge is -2.30. The molecule has 1 amide bonds. The van der Waals surface area contributed by atoms with Crippen LogP contribution in [0.25, 0.3) is 11.1 Å². The average molecular weight is 405 g/mol. The molecule has 1 N–H and O–H groups in total. The van der Waals surface area contributed by atoms with E-state index in [0.29, 0.717) is 12.2 Å². The van der Waals surface area contributed by atoms with Crippen molar-refractivity contribution in [1.29, 1.82) is 0 Å². The maximum Gasteiger partial charge on any atom is 0.226 e. The summed E-state index contributed by atoms with van der Waals surface area (Å²) in [5, 5.41) is 2.81. The number of morpholine rings is 1. The number of carbonyl (C=O) groups excluding carboxylic acids is 1. The number of hydrogen-bond donors (Lipinski definition) is 1. The third kappa shape index (κ3) is 5.02. The maximum absolute atomic E-state index is 13.2. The predicted octanol–water partition coefficient (Wildman–Crippen LogP) is 3.58. The fourth-order valence-electron chi connectivity index (χ4n) is 3.56. The summed E-state index contributed by atoms with van der Waals surface area (Å²) in [6.45, 7) is 3.50. The summed E-state index contributed by atoms with van der Waals surface area (Å²) < 4.78 is 18.7. The van der Waals surface area contributed by atoms with Gasteiger partial charge in [-0.15, -0.1) is 0 Å². The van der Waals surface area contributed by atoms with Crippen molar-refractivity contribution in [3.63, 3.8) is 0 Å². The minimum Gasteiger partial charge on any atom is -0.378 e. The van der Waals surface area contributed by atoms with E-state index in [1.807, 2.05) is 30.5 Å². The van der Waals surface area contributed by atoms with Gasteiger partial charge in [0.15, 0.2) is 0 Å². The second kappa shape index (κ2) is 9.50. The van der Waals surface area contributed by atoms with Crippen LogP contribution in [0.5, 0.6) is 0 Å². The van der Waals surface area contributed by atoms with Crippen LogP contribution < -0.4 is 10.2 Å². The Labute approximate surface area is 175 Å². The lowest BCUT2D eigenvalue weighted by molar-refractivity contribution is -0.120. The molecular weight excluding hydrogens is 381 g/mol. The molecule has 1 saturated heterocycles. The van der Waals surface area contributed by atoms with Crippen LogP contribution in [0.4, 0.5) is 10.1 Å². The molecule has 1 aromatic heterocycles. The Morgan fingerprint density at radius 2 is 1.90 bits per heavy atom. The number of carbonyl (C=O) groups is 1. The Kier molecular flexibility index (Phi) is 6.35. The molecule has 0 radical (unpaired) electrons. The minimum absolute atomic E-state index is 0.145. The SMILES string of the molecule is O=C(Cc1ccc(-c2ccccc2N2CCOCC2)cn1)NCc1cccc(F)c1. The van der Waals surface area contributed by atoms with Gasteiger partial charge in [-0.1, -0.05) is 36.4 Å². The zero-order valence-corrected chi connectivity index (χ0v) is 16.7. The van der Waals surface area contributed by atoms with Crippen molar-refractivity contribution in [2.45, 2.75) is 13.0 Å². The van der Waals surface area contributed by atoms with Crippen LogP contribution in [0.15, 0.2) is 66.9 Å². The van der Waals surface area contributed by atoms with Crippen LogP contribution in [0.3, 0.4) is 0 Å². The normalized spacial score (nSPS) is 13.8. The molecule has 0 saturated carbocycles. The number of hydrogen-bond acceptors (Lipinski definition) is 4. The third-order valence-corrected chi connectivity index (χ3v) is 5.11. The second-order valence-corrected chi connectivity index (χ2v) is 7.24. The molecule has 0 aliphatic carbocycles. The molecule has 5 nitrogen and oxygen atoms in total. The summed E-state index contributed by atoms with van der Waals surface area (Å²) in [4.78, 5) is 19.0. The quantitative estimate of drug-likeness (QED) is 0.681. The van der Waals surface area contributed by atoms with Crippen molar-refractivity contribution in [2.24, 2.45) is 0 Å². The summed E-state index contributed by atoms with van der Waals surface area (Å²) in [5.41, 5.74) is 4.73. The Hall–Kier alpha value is -3.25. The highest BCUT2D eigenvalue weighted by molar-refractivity contribution is 5.80. The van der Waals surface area contributed by atoms with Crippen molar-refractivity contribution in [3.8, 4) is 11.1 Å². The van der Waals surface area contributed by atoms with E-state index < -0.39 is 0 Å². The second-order valence-electron chi connectivity index (χ2n) is 7.24. The number of ether oxygens (including phenoxy) is 1. The van der Waals surface area contributed by atoms with Crippen LogP contribution in [0.1, 0.15) is 11.3 Å². The smallest absolute Gasteiger partial charge is 0.226 e. The molecule has 0 atom stereocenters. The van der Waals surface area contributed by atoms with Gasteiger partial charge in [0.1, 0.15) is 5.82 Å². The first-order chi connectivity index (χ1) is 14.7. The highest BCUT2D eigenvalue weighted by Crippen LogP contribution is 2.30. The van der Waals surface area contributed by atoms with E-state index in [0.717, 1.165) is 43.0 Å². The molecule has 2 aromatic carbocycles. The van der Waals surface area contributed by atoms with Crippen LogP contribution in [-0.4, -0.2) is 37.2 Å². The average Bonchev–Trinajstić information content (AvgIpc) is 2.79. The molecule has 154 valence electrons. The van der Waals surface area contributed by atoms with Gasteiger partial charge in [-0.2, -0.15) is 0 Å². The van der Waals surface area contributed by atoms with Crippen LogP contribution in [0, 0.1) is 5.82 Å². The van der Waals surface area contributed by atoms with Gasteiger partial charge in [0.25, 0.3) is 0 Å². The number of anilines is 1. The van der Waals surface area contributed by atoms with Crippen LogP contribution >= 0.6 is 0 Å². The number of amides is 1. The lowest BCUT2D eigenvalue weighted by Crippen LogP contribution is -2.36. The van der Waals surface area contributed by atoms with Crippen molar-refractivity contribution in [2.75, 3.05) is 31.2 Å². The lowest BCUT2D eigenvalue weighted by atomic mass is 10.0. The van der Waals surface area contributed by atoms with Gasteiger partial charge in [-0.05, 0) is 29.8 Å². The number of rotatable bonds is 6. The van der Waals surface area contributed by atoms with E-state index in [-0.39, 0.29) is 18.1 Å². The van der Waals surface area contributed by atoms with E-state index in [1.165, 1.54) is 17.8 Å². The first-order valence-corrected chi connectivity index (χ1v) is 10.1. The molecule has 0 bridgehead atoms. The Morgan fingerprint density at radius 3 is 2.67 bits per heavy atom. The summed E-state index contributed by atoms with van der Waals surface area (Å²) in [7, 11) is 0. The number of aromatic nitrogens is 1. The number of halogens is 1. The summed E-state index contributed by atoms with van der Waals surface area (Å²) in [6.07, 6.45) is 2.00. The fourth-order valence-corrected chi connectivity index (χ4v) is 3.56. The van der Waals surface area contributed by atoms with Crippen molar-refractivity contribution in [3.05, 3.63) is 83.9 Å². The van der Waals surface area contributed by atoms with E-state index in [1.54, 1.807) is 12.1 Å². The van der Waals surface area contributed by atoms with Gasteiger partial charge < -0.3 is 15.0 Å². The summed E-state index contributed by atoms with van der Waals surface area (Å²) >= 11 is 0. The number of para-hydroxylation sites is 1. The number of benzene rings is 2. The molecular formula is C24H24FN3O2. The zero-order valence-electron chi connectivity index (χ0n) is 16.7. The third-order valence-electron chi connectivity index (χ3n) is 5.11. The van der Waals surface area contributed by atoms with Gasteiger partial charge in [-0.25, -0.2) is 4.39 Å². The van der Waals surface area contributed by atoms with Gasteiger partial charge in [0.05, 0.1) is 19.6 Å². The van der Waals surface area contributed by atoms with E-state index in [2.05, 4.69) is 27.3 Å². The molecule has 3 aromatic rings. The minimum atomic E-state index is -0.309. The van der Waals surface area contributed by atoms with Crippen molar-refractivity contribution >= 4 is 11.6 Å². The molecule has 1 aliphatic heterocycles. The Balaban J connectivity index is 1.40. The highest BCUT2D eigenvalue weighted by atomic mass is 19.1. The Bertz CT molecular complexity index is 1000. The molecule has 30 heavy (non-hydrogen) atoms. The topological polar surface area (TPSA) is 54.5 Å². The molecule has 0 spiro atoms. The van der Waals surface area contributed by atoms with Crippen LogP contribution in [-0.2, 0) is 22.5 Å². The first-order valence-electron chi connectivity index (χ1n) is 10.1. The number of nitrogens with zero attached hydrogens (tertiary/aromatic N) is 2. The van der Waals surface area contributed by atoms with Gasteiger partial charge >= 0.3 is 0 Å². The monoisotopic (exact) mass is 405 g/mol. The molecule has 4 rings (SSSR count). The summed E-state index contributed by atoms with van der Waals surface area (Å²) in [6, 6.07) is 18.4. The standard InChI is InChI=1S/C24H24FN3O2/c25-20-5-3-4-18(14-20)16-27-24(29)15-21-9-8-19(17-26-21)22-6-1-2-7-23(22)28-10-12-30-13-11-28/h1-9,14,17H,10-13,15-16H2,(H,27,29). The number of pyridine rings is 1. The molecule has 0 unspecified atom stereocenters. The molecule has 6 heteroatoms. The molecule has 1 aliphatic rings. The first kappa shape index (κ1) is 20.0. The highest BCUT2D eigenvalue weighted by Gasteiger charge is 2.15. The van der Waals surface area contributed by atoms with Gasteiger partial charge in [-0.3, -0.25) is 9.78 Å². The van der Waals surface area contributed by atoms with Crippen LogP contribution in [0.2, 0.25) is 0 Å². The zero-order chi connectivity index (χ0) is 20.8. The van der Waals surface area contributed by atoms with Gasteiger partial charge in [0, 0.05) is 48.3 Å². The molecule has 1 fully saturated rings. The predicted molar refractivity (Wildman–Crippen MR) is 115 cm³/mol. The molecule has 2 heterocycles. The maximum atomic E-state index is 13.2. The summed E-state index contributed by atoms with van der Waals surface area (Å²) in [5.74, 6) is -0.454. The van der Waals surface area contributed by atoms with E-state index >= 15 is 0 Å². The van der Waals surface area contributed by atoms with E-state index in [9.17, 15) is 9.18 Å². The largest absolute Gasteiger partial charge is 0.378 e. The Morgan fingerprint density at radius 1 is 1.07 bits per heavy atom. The van der Waals surface area contributed by atoms with Crippen molar-refractivity contribution < 1.29 is 13.9 Å². The van der Waals surface area contributed by atoms with Crippen molar-refractivity contribution in [1.82, 2.24) is 10.3 Å².